The van der Waals surface area contributed by atoms with Gasteiger partial charge in [0.1, 0.15) is 10.3 Å². The monoisotopic (exact) mass is 243 g/mol. The topological polar surface area (TPSA) is 37.8 Å². The van der Waals surface area contributed by atoms with Gasteiger partial charge in [-0.25, -0.2) is 9.97 Å². The van der Waals surface area contributed by atoms with Crippen LogP contribution >= 0.6 is 11.3 Å². The van der Waals surface area contributed by atoms with Crippen LogP contribution in [0.2, 0.25) is 0 Å². The molecule has 4 heteroatoms. The van der Waals surface area contributed by atoms with Gasteiger partial charge in [-0.05, 0) is 18.6 Å². The molecule has 0 saturated carbocycles. The Kier molecular flexibility index (Phi) is 2.65. The van der Waals surface area contributed by atoms with Gasteiger partial charge in [-0.3, -0.25) is 0 Å². The van der Waals surface area contributed by atoms with Crippen LogP contribution in [0.5, 0.6) is 0 Å². The van der Waals surface area contributed by atoms with E-state index in [4.69, 9.17) is 0 Å². The van der Waals surface area contributed by atoms with Crippen molar-refractivity contribution in [2.24, 2.45) is 0 Å². The summed E-state index contributed by atoms with van der Waals surface area (Å²) in [5, 5.41) is 5.41. The Hall–Kier alpha value is -1.68. The number of thiazole rings is 1. The summed E-state index contributed by atoms with van der Waals surface area (Å²) >= 11 is 1.62. The molecule has 0 fully saturated rings. The molecule has 0 unspecified atom stereocenters. The molecule has 1 aromatic carbocycles. The highest BCUT2D eigenvalue weighted by Crippen LogP contribution is 2.27. The Morgan fingerprint density at radius 2 is 2.06 bits per heavy atom. The Morgan fingerprint density at radius 1 is 1.18 bits per heavy atom. The predicted octanol–water partition coefficient (Wildman–Crippen LogP) is 3.67. The number of aromatic nitrogens is 2. The summed E-state index contributed by atoms with van der Waals surface area (Å²) in [6.07, 6.45) is 1.10. The van der Waals surface area contributed by atoms with Crippen LogP contribution in [-0.4, -0.2) is 16.5 Å². The van der Waals surface area contributed by atoms with E-state index in [1.807, 2.05) is 18.2 Å². The lowest BCUT2D eigenvalue weighted by Crippen LogP contribution is -1.98. The third-order valence-electron chi connectivity index (χ3n) is 2.61. The van der Waals surface area contributed by atoms with Crippen molar-refractivity contribution in [2.75, 3.05) is 11.9 Å². The van der Waals surface area contributed by atoms with Crippen LogP contribution in [0.1, 0.15) is 13.3 Å². The van der Waals surface area contributed by atoms with Crippen molar-refractivity contribution < 1.29 is 0 Å². The molecule has 0 aliphatic heterocycles. The minimum absolute atomic E-state index is 0.958. The van der Waals surface area contributed by atoms with Crippen LogP contribution in [0.15, 0.2) is 30.3 Å². The fraction of sp³-hybridized carbons (Fsp3) is 0.231. The molecule has 0 bridgehead atoms. The molecule has 2 heterocycles. The fourth-order valence-electron chi connectivity index (χ4n) is 1.77. The summed E-state index contributed by atoms with van der Waals surface area (Å²) < 4.78 is 0. The largest absolute Gasteiger partial charge is 0.361 e. The molecule has 3 nitrogen and oxygen atoms in total. The number of pyridine rings is 1. The van der Waals surface area contributed by atoms with Crippen LogP contribution in [0.4, 0.5) is 5.13 Å². The van der Waals surface area contributed by atoms with Crippen molar-refractivity contribution in [1.82, 2.24) is 9.97 Å². The Bertz CT molecular complexity index is 607. The third kappa shape index (κ3) is 1.96. The van der Waals surface area contributed by atoms with Gasteiger partial charge >= 0.3 is 0 Å². The predicted molar refractivity (Wildman–Crippen MR) is 73.7 cm³/mol. The smallest absolute Gasteiger partial charge is 0.185 e. The molecule has 0 spiro atoms. The Balaban J connectivity index is 2.11. The van der Waals surface area contributed by atoms with Gasteiger partial charge in [-0.15, -0.1) is 0 Å². The lowest BCUT2D eigenvalue weighted by molar-refractivity contribution is 0.977. The summed E-state index contributed by atoms with van der Waals surface area (Å²) in [7, 11) is 0. The molecule has 17 heavy (non-hydrogen) atoms. The minimum atomic E-state index is 0.958. The van der Waals surface area contributed by atoms with E-state index in [2.05, 4.69) is 34.3 Å². The quantitative estimate of drug-likeness (QED) is 0.762. The summed E-state index contributed by atoms with van der Waals surface area (Å²) in [6, 6.07) is 10.2. The molecule has 0 amide bonds. The number of nitrogens with one attached hydrogen (secondary N) is 1. The van der Waals surface area contributed by atoms with E-state index in [-0.39, 0.29) is 0 Å². The number of nitrogens with zero attached hydrogens (tertiary/aromatic N) is 2. The number of benzene rings is 1. The van der Waals surface area contributed by atoms with Gasteiger partial charge in [-0.2, -0.15) is 0 Å². The first kappa shape index (κ1) is 10.5. The first-order valence-corrected chi connectivity index (χ1v) is 6.58. The van der Waals surface area contributed by atoms with Crippen molar-refractivity contribution in [3.63, 3.8) is 0 Å². The minimum Gasteiger partial charge on any atom is -0.361 e. The lowest BCUT2D eigenvalue weighted by atomic mass is 10.2. The molecule has 0 aliphatic rings. The van der Waals surface area contributed by atoms with Crippen molar-refractivity contribution >= 4 is 37.7 Å². The molecule has 1 N–H and O–H groups in total. The molecule has 86 valence electrons. The molecular formula is C13H13N3S. The highest BCUT2D eigenvalue weighted by molar-refractivity contribution is 7.21. The van der Waals surface area contributed by atoms with Gasteiger partial charge < -0.3 is 5.32 Å². The van der Waals surface area contributed by atoms with Gasteiger partial charge in [-0.1, -0.05) is 36.5 Å². The second kappa shape index (κ2) is 4.30. The van der Waals surface area contributed by atoms with Crippen LogP contribution < -0.4 is 5.32 Å². The average Bonchev–Trinajstić information content (AvgIpc) is 2.75. The number of hydrogen-bond acceptors (Lipinski definition) is 4. The van der Waals surface area contributed by atoms with Crippen LogP contribution in [0.3, 0.4) is 0 Å². The zero-order valence-corrected chi connectivity index (χ0v) is 10.4. The maximum atomic E-state index is 4.62. The molecule has 0 atom stereocenters. The van der Waals surface area contributed by atoms with E-state index in [1.54, 1.807) is 11.3 Å². The van der Waals surface area contributed by atoms with Crippen LogP contribution in [0.25, 0.3) is 21.3 Å². The summed E-state index contributed by atoms with van der Waals surface area (Å²) in [5.74, 6) is 0. The van der Waals surface area contributed by atoms with Crippen molar-refractivity contribution in [3.05, 3.63) is 30.3 Å². The van der Waals surface area contributed by atoms with E-state index in [1.165, 1.54) is 0 Å². The molecule has 2 aromatic heterocycles. The second-order valence-electron chi connectivity index (χ2n) is 3.95. The fourth-order valence-corrected chi connectivity index (χ4v) is 2.63. The number of rotatable bonds is 3. The molecule has 3 aromatic rings. The van der Waals surface area contributed by atoms with Crippen LogP contribution in [0, 0.1) is 0 Å². The van der Waals surface area contributed by atoms with E-state index in [0.717, 1.165) is 39.3 Å². The van der Waals surface area contributed by atoms with Crippen LogP contribution in [-0.2, 0) is 0 Å². The molecule has 0 radical (unpaired) electrons. The SMILES string of the molecule is CCCNc1nc2cc3ccccc3nc2s1. The second-order valence-corrected chi connectivity index (χ2v) is 4.93. The number of para-hydroxylation sites is 1. The van der Waals surface area contributed by atoms with Crippen molar-refractivity contribution in [2.45, 2.75) is 13.3 Å². The van der Waals surface area contributed by atoms with Gasteiger partial charge in [0.25, 0.3) is 0 Å². The number of anilines is 1. The molecule has 3 rings (SSSR count). The van der Waals surface area contributed by atoms with Crippen molar-refractivity contribution in [3.8, 4) is 0 Å². The third-order valence-corrected chi connectivity index (χ3v) is 3.53. The van der Waals surface area contributed by atoms with E-state index in [0.29, 0.717) is 0 Å². The Morgan fingerprint density at radius 3 is 2.94 bits per heavy atom. The summed E-state index contributed by atoms with van der Waals surface area (Å²) in [4.78, 5) is 10.2. The summed E-state index contributed by atoms with van der Waals surface area (Å²) in [6.45, 7) is 3.10. The van der Waals surface area contributed by atoms with E-state index >= 15 is 0 Å². The lowest BCUT2D eigenvalue weighted by Gasteiger charge is -1.95. The van der Waals surface area contributed by atoms with Crippen molar-refractivity contribution in [1.29, 1.82) is 0 Å². The van der Waals surface area contributed by atoms with Gasteiger partial charge in [0, 0.05) is 11.9 Å². The van der Waals surface area contributed by atoms with E-state index < -0.39 is 0 Å². The first-order chi connectivity index (χ1) is 8.36. The summed E-state index contributed by atoms with van der Waals surface area (Å²) in [5.41, 5.74) is 2.01. The van der Waals surface area contributed by atoms with E-state index in [9.17, 15) is 0 Å². The zero-order chi connectivity index (χ0) is 11.7. The van der Waals surface area contributed by atoms with Gasteiger partial charge in [0.15, 0.2) is 5.13 Å². The van der Waals surface area contributed by atoms with Gasteiger partial charge in [0.05, 0.1) is 5.52 Å². The highest BCUT2D eigenvalue weighted by Gasteiger charge is 2.05. The normalized spacial score (nSPS) is 11.1. The molecular weight excluding hydrogens is 230 g/mol. The molecule has 0 aliphatic carbocycles. The standard InChI is InChI=1S/C13H13N3S/c1-2-7-14-13-16-11-8-9-5-3-4-6-10(9)15-12(11)17-13/h3-6,8H,2,7H2,1H3,(H,14,16). The zero-order valence-electron chi connectivity index (χ0n) is 9.60. The highest BCUT2D eigenvalue weighted by atomic mass is 32.1. The first-order valence-electron chi connectivity index (χ1n) is 5.77. The average molecular weight is 243 g/mol. The Labute approximate surface area is 104 Å². The maximum absolute atomic E-state index is 4.62. The number of hydrogen-bond donors (Lipinski definition) is 1. The molecule has 0 saturated heterocycles. The van der Waals surface area contributed by atoms with Gasteiger partial charge in [0.2, 0.25) is 0 Å². The number of fused-ring (bicyclic) bond motifs is 2. The maximum Gasteiger partial charge on any atom is 0.185 e.